The highest BCUT2D eigenvalue weighted by Gasteiger charge is 2.35. The molecular weight excluding hydrogens is 449 g/mol. The van der Waals surface area contributed by atoms with Crippen LogP contribution in [0.3, 0.4) is 0 Å². The molecular formula is C21H16Cl2F2N4O2. The summed E-state index contributed by atoms with van der Waals surface area (Å²) in [5.74, 6) is -2.79. The van der Waals surface area contributed by atoms with Crippen LogP contribution in [0.2, 0.25) is 10.0 Å². The number of hydrogen-bond donors (Lipinski definition) is 1. The summed E-state index contributed by atoms with van der Waals surface area (Å²) in [4.78, 5) is 21.4. The quantitative estimate of drug-likeness (QED) is 0.410. The van der Waals surface area contributed by atoms with Gasteiger partial charge in [-0.3, -0.25) is 4.79 Å². The Morgan fingerprint density at radius 3 is 2.84 bits per heavy atom. The molecule has 1 saturated heterocycles. The first-order chi connectivity index (χ1) is 15.9. The van der Waals surface area contributed by atoms with E-state index >= 15 is 0 Å². The molecule has 1 aliphatic rings. The third-order valence-corrected chi connectivity index (χ3v) is 5.79. The number of rotatable bonds is 5. The summed E-state index contributed by atoms with van der Waals surface area (Å²) in [7, 11) is -2.74. The monoisotopic (exact) mass is 467 g/mol. The van der Waals surface area contributed by atoms with Crippen molar-refractivity contribution in [1.29, 1.82) is 0 Å². The largest absolute Gasteiger partial charge is 0.496 e. The number of amides is 1. The van der Waals surface area contributed by atoms with Crippen molar-refractivity contribution >= 4 is 51.5 Å². The van der Waals surface area contributed by atoms with Gasteiger partial charge in [0.25, 0.3) is 5.91 Å². The van der Waals surface area contributed by atoms with E-state index in [0.717, 1.165) is 0 Å². The van der Waals surface area contributed by atoms with Gasteiger partial charge in [0.15, 0.2) is 11.6 Å². The van der Waals surface area contributed by atoms with Crippen LogP contribution in [0.5, 0.6) is 5.75 Å². The number of likely N-dealkylation sites (tertiary alicyclic amines) is 1. The Balaban J connectivity index is 1.76. The summed E-state index contributed by atoms with van der Waals surface area (Å²) in [5.41, 5.74) is 0.788. The fraction of sp³-hybridized carbons (Fsp3) is 0.190. The summed E-state index contributed by atoms with van der Waals surface area (Å²) >= 11 is 11.7. The van der Waals surface area contributed by atoms with Crippen molar-refractivity contribution in [3.8, 4) is 5.75 Å². The standard InChI is InChI=1S/C21H16Cl2F2N4O2/c1-10(24)21(30)29-7-11(8-29)12-5-13-16(6-17(12)31-2)26-9-27-20(13)28-15-4-3-14(22)18(23)19(15)25/h3-6,9,11H,1,7-8H2,2H3,(H,26,27,28)/i2D3. The lowest BCUT2D eigenvalue weighted by Crippen LogP contribution is -2.48. The second kappa shape index (κ2) is 8.28. The van der Waals surface area contributed by atoms with E-state index in [9.17, 15) is 13.6 Å². The van der Waals surface area contributed by atoms with Crippen LogP contribution in [0.1, 0.15) is 15.6 Å². The van der Waals surface area contributed by atoms with Crippen LogP contribution < -0.4 is 10.1 Å². The van der Waals surface area contributed by atoms with E-state index in [-0.39, 0.29) is 46.3 Å². The van der Waals surface area contributed by atoms with Crippen LogP contribution >= 0.6 is 23.2 Å². The highest BCUT2D eigenvalue weighted by molar-refractivity contribution is 6.42. The number of halogens is 4. The summed E-state index contributed by atoms with van der Waals surface area (Å²) in [6.45, 7) is 3.26. The van der Waals surface area contributed by atoms with Gasteiger partial charge in [-0.1, -0.05) is 29.8 Å². The molecule has 2 heterocycles. The Morgan fingerprint density at radius 2 is 2.13 bits per heavy atom. The van der Waals surface area contributed by atoms with Gasteiger partial charge in [0, 0.05) is 36.0 Å². The number of nitrogens with one attached hydrogen (secondary N) is 1. The minimum Gasteiger partial charge on any atom is -0.496 e. The van der Waals surface area contributed by atoms with E-state index in [4.69, 9.17) is 32.1 Å². The van der Waals surface area contributed by atoms with Gasteiger partial charge in [-0.05, 0) is 18.2 Å². The molecule has 0 bridgehead atoms. The van der Waals surface area contributed by atoms with Crippen molar-refractivity contribution in [2.75, 3.05) is 25.4 Å². The Morgan fingerprint density at radius 1 is 1.35 bits per heavy atom. The van der Waals surface area contributed by atoms with Crippen molar-refractivity contribution in [3.63, 3.8) is 0 Å². The van der Waals surface area contributed by atoms with Crippen molar-refractivity contribution in [2.24, 2.45) is 0 Å². The molecule has 0 saturated carbocycles. The van der Waals surface area contributed by atoms with Crippen molar-refractivity contribution < 1.29 is 22.4 Å². The minimum absolute atomic E-state index is 0.0145. The lowest BCUT2D eigenvalue weighted by atomic mass is 9.89. The van der Waals surface area contributed by atoms with Crippen LogP contribution in [0, 0.1) is 5.82 Å². The van der Waals surface area contributed by atoms with Gasteiger partial charge in [0.2, 0.25) is 0 Å². The van der Waals surface area contributed by atoms with Gasteiger partial charge in [0.05, 0.1) is 32.4 Å². The summed E-state index contributed by atoms with van der Waals surface area (Å²) in [6, 6.07) is 5.84. The third-order valence-electron chi connectivity index (χ3n) is 5.01. The topological polar surface area (TPSA) is 67.4 Å². The lowest BCUT2D eigenvalue weighted by molar-refractivity contribution is -0.133. The van der Waals surface area contributed by atoms with Crippen LogP contribution in [0.25, 0.3) is 10.9 Å². The molecule has 31 heavy (non-hydrogen) atoms. The molecule has 1 N–H and O–H groups in total. The Kier molecular flexibility index (Phi) is 4.72. The fourth-order valence-electron chi connectivity index (χ4n) is 3.37. The zero-order chi connectivity index (χ0) is 24.8. The summed E-state index contributed by atoms with van der Waals surface area (Å²) in [5, 5.41) is 3.07. The number of methoxy groups -OCH3 is 1. The molecule has 2 aromatic carbocycles. The fourth-order valence-corrected chi connectivity index (χ4v) is 3.68. The molecule has 4 rings (SSSR count). The summed E-state index contributed by atoms with van der Waals surface area (Å²) in [6.07, 6.45) is 1.22. The molecule has 1 aromatic heterocycles. The van der Waals surface area contributed by atoms with Crippen LogP contribution in [-0.2, 0) is 4.79 Å². The smallest absolute Gasteiger partial charge is 0.282 e. The van der Waals surface area contributed by atoms with Gasteiger partial charge in [-0.25, -0.2) is 18.7 Å². The van der Waals surface area contributed by atoms with E-state index in [1.807, 2.05) is 0 Å². The number of hydrogen-bond acceptors (Lipinski definition) is 5. The van der Waals surface area contributed by atoms with Crippen LogP contribution in [0.15, 0.2) is 43.0 Å². The number of aromatic nitrogens is 2. The number of carbonyl (C=O) groups is 1. The number of ether oxygens (including phenoxy) is 1. The number of anilines is 2. The third kappa shape index (κ3) is 3.88. The second-order valence-corrected chi connectivity index (χ2v) is 7.68. The van der Waals surface area contributed by atoms with Gasteiger partial charge >= 0.3 is 0 Å². The van der Waals surface area contributed by atoms with Crippen molar-refractivity contribution in [2.45, 2.75) is 5.92 Å². The average Bonchev–Trinajstić information content (AvgIpc) is 2.72. The predicted molar refractivity (Wildman–Crippen MR) is 115 cm³/mol. The molecule has 1 fully saturated rings. The Bertz CT molecular complexity index is 1320. The minimum atomic E-state index is -2.74. The van der Waals surface area contributed by atoms with Crippen molar-refractivity contribution in [1.82, 2.24) is 14.9 Å². The molecule has 0 atom stereocenters. The van der Waals surface area contributed by atoms with Gasteiger partial charge in [0.1, 0.15) is 17.9 Å². The number of benzene rings is 2. The maximum absolute atomic E-state index is 14.6. The maximum Gasteiger partial charge on any atom is 0.282 e. The SMILES string of the molecule is [2H]C([2H])([2H])Oc1cc2ncnc(Nc3ccc(Cl)c(Cl)c3F)c2cc1C1CN(C(=O)C(=C)F)C1. The van der Waals surface area contributed by atoms with E-state index in [1.54, 1.807) is 6.07 Å². The molecule has 0 aliphatic carbocycles. The molecule has 10 heteroatoms. The molecule has 160 valence electrons. The number of fused-ring (bicyclic) bond motifs is 1. The molecule has 1 amide bonds. The highest BCUT2D eigenvalue weighted by atomic mass is 35.5. The van der Waals surface area contributed by atoms with E-state index in [0.29, 0.717) is 16.5 Å². The molecule has 1 aliphatic heterocycles. The molecule has 0 radical (unpaired) electrons. The normalized spacial score (nSPS) is 15.6. The Hall–Kier alpha value is -2.97. The van der Waals surface area contributed by atoms with E-state index < -0.39 is 24.6 Å². The van der Waals surface area contributed by atoms with Gasteiger partial charge < -0.3 is 15.0 Å². The first-order valence-corrected chi connectivity index (χ1v) is 9.72. The number of nitrogens with zero attached hydrogens (tertiary/aromatic N) is 3. The van der Waals surface area contributed by atoms with Crippen LogP contribution in [-0.4, -0.2) is 40.9 Å². The maximum atomic E-state index is 14.6. The van der Waals surface area contributed by atoms with Gasteiger partial charge in [-0.15, -0.1) is 0 Å². The molecule has 3 aromatic rings. The van der Waals surface area contributed by atoms with E-state index in [1.165, 1.54) is 29.4 Å². The average molecular weight is 468 g/mol. The first-order valence-electron chi connectivity index (χ1n) is 10.5. The molecule has 0 spiro atoms. The highest BCUT2D eigenvalue weighted by Crippen LogP contribution is 2.39. The summed E-state index contributed by atoms with van der Waals surface area (Å²) < 4.78 is 55.4. The van der Waals surface area contributed by atoms with E-state index in [2.05, 4.69) is 21.9 Å². The second-order valence-electron chi connectivity index (χ2n) is 6.89. The Labute approximate surface area is 190 Å². The van der Waals surface area contributed by atoms with Crippen molar-refractivity contribution in [3.05, 3.63) is 64.4 Å². The lowest BCUT2D eigenvalue weighted by Gasteiger charge is -2.39. The first kappa shape index (κ1) is 17.7. The van der Waals surface area contributed by atoms with Crippen LogP contribution in [0.4, 0.5) is 20.3 Å². The van der Waals surface area contributed by atoms with Gasteiger partial charge in [-0.2, -0.15) is 0 Å². The zero-order valence-corrected chi connectivity index (χ0v) is 17.3. The molecule has 6 nitrogen and oxygen atoms in total. The zero-order valence-electron chi connectivity index (χ0n) is 18.8. The number of carbonyl (C=O) groups excluding carboxylic acids is 1. The molecule has 0 unspecified atom stereocenters. The predicted octanol–water partition coefficient (Wildman–Crippen LogP) is 5.24.